The van der Waals surface area contributed by atoms with Gasteiger partial charge in [0.05, 0.1) is 6.42 Å². The highest BCUT2D eigenvalue weighted by atomic mass is 32.1. The number of nitrogens with zero attached hydrogens (tertiary/aromatic N) is 1. The maximum absolute atomic E-state index is 12.9. The molecule has 23 heavy (non-hydrogen) atoms. The second-order valence-electron chi connectivity index (χ2n) is 6.44. The van der Waals surface area contributed by atoms with Crippen LogP contribution in [-0.4, -0.2) is 47.7 Å². The summed E-state index contributed by atoms with van der Waals surface area (Å²) in [6.45, 7) is 3.71. The molecule has 6 heteroatoms. The largest absolute Gasteiger partial charge is 0.481 e. The van der Waals surface area contributed by atoms with Crippen molar-refractivity contribution in [3.05, 3.63) is 21.9 Å². The van der Waals surface area contributed by atoms with Crippen LogP contribution in [0.4, 0.5) is 0 Å². The van der Waals surface area contributed by atoms with Crippen LogP contribution in [-0.2, 0) is 14.3 Å². The number of carbonyl (C=O) groups excluding carboxylic acids is 1. The highest BCUT2D eigenvalue weighted by Crippen LogP contribution is 2.51. The van der Waals surface area contributed by atoms with E-state index in [9.17, 15) is 9.59 Å². The molecule has 2 fully saturated rings. The van der Waals surface area contributed by atoms with Gasteiger partial charge in [-0.3, -0.25) is 9.59 Å². The van der Waals surface area contributed by atoms with E-state index in [4.69, 9.17) is 9.84 Å². The zero-order valence-electron chi connectivity index (χ0n) is 13.4. The summed E-state index contributed by atoms with van der Waals surface area (Å²) >= 11 is 1.72. The van der Waals surface area contributed by atoms with E-state index < -0.39 is 5.97 Å². The molecule has 0 bridgehead atoms. The number of carbonyl (C=O) groups is 2. The number of carboxylic acid groups (broad SMARTS) is 1. The van der Waals surface area contributed by atoms with Gasteiger partial charge >= 0.3 is 5.97 Å². The number of hydrogen-bond donors (Lipinski definition) is 1. The van der Waals surface area contributed by atoms with Gasteiger partial charge < -0.3 is 14.7 Å². The van der Waals surface area contributed by atoms with Gasteiger partial charge in [0.15, 0.2) is 0 Å². The minimum absolute atomic E-state index is 0.0124. The summed E-state index contributed by atoms with van der Waals surface area (Å²) < 4.78 is 5.37. The summed E-state index contributed by atoms with van der Waals surface area (Å²) in [4.78, 5) is 27.0. The zero-order valence-corrected chi connectivity index (χ0v) is 14.2. The molecular formula is C17H23NO4S. The lowest BCUT2D eigenvalue weighted by atomic mass is 10.1. The molecule has 0 aromatic carbocycles. The van der Waals surface area contributed by atoms with Crippen LogP contribution in [0.3, 0.4) is 0 Å². The normalized spacial score (nSPS) is 24.4. The second kappa shape index (κ2) is 7.01. The van der Waals surface area contributed by atoms with Crippen LogP contribution in [0.2, 0.25) is 0 Å². The lowest BCUT2D eigenvalue weighted by molar-refractivity contribution is -0.141. The van der Waals surface area contributed by atoms with Crippen molar-refractivity contribution in [1.29, 1.82) is 0 Å². The molecular weight excluding hydrogens is 314 g/mol. The van der Waals surface area contributed by atoms with Gasteiger partial charge in [0.2, 0.25) is 5.91 Å². The van der Waals surface area contributed by atoms with Gasteiger partial charge in [0.1, 0.15) is 0 Å². The van der Waals surface area contributed by atoms with Crippen LogP contribution in [0, 0.1) is 12.8 Å². The average molecular weight is 337 g/mol. The van der Waals surface area contributed by atoms with E-state index in [0.29, 0.717) is 25.7 Å². The smallest absolute Gasteiger partial charge is 0.305 e. The van der Waals surface area contributed by atoms with Crippen molar-refractivity contribution >= 4 is 23.2 Å². The monoisotopic (exact) mass is 337 g/mol. The molecule has 2 heterocycles. The Morgan fingerprint density at radius 2 is 2.13 bits per heavy atom. The van der Waals surface area contributed by atoms with Crippen LogP contribution in [0.5, 0.6) is 0 Å². The predicted octanol–water partition coefficient (Wildman–Crippen LogP) is 2.64. The summed E-state index contributed by atoms with van der Waals surface area (Å²) in [6, 6.07) is 2.22. The zero-order chi connectivity index (χ0) is 16.4. The fourth-order valence-corrected chi connectivity index (χ4v) is 4.53. The Balaban J connectivity index is 1.67. The molecule has 1 saturated carbocycles. The third kappa shape index (κ3) is 3.75. The molecule has 0 unspecified atom stereocenters. The molecule has 1 saturated heterocycles. The van der Waals surface area contributed by atoms with Crippen molar-refractivity contribution < 1.29 is 19.4 Å². The predicted molar refractivity (Wildman–Crippen MR) is 87.7 cm³/mol. The molecule has 3 rings (SSSR count). The second-order valence-corrected chi connectivity index (χ2v) is 7.38. The molecule has 0 spiro atoms. The highest BCUT2D eigenvalue weighted by Gasteiger charge is 2.48. The fourth-order valence-electron chi connectivity index (χ4n) is 3.42. The molecule has 1 aliphatic heterocycles. The first kappa shape index (κ1) is 16.5. The van der Waals surface area contributed by atoms with Crippen molar-refractivity contribution in [2.75, 3.05) is 19.8 Å². The molecule has 1 N–H and O–H groups in total. The van der Waals surface area contributed by atoms with E-state index >= 15 is 0 Å². The standard InChI is InChI=1S/C17H23NO4S/c1-11-5-9-23-16(11)13-10-14(13)17(21)18(6-2-15(19)20)12-3-7-22-8-4-12/h5,9,12-14H,2-4,6-8,10H2,1H3,(H,19,20)/t13-,14-/m1/s1. The minimum Gasteiger partial charge on any atom is -0.481 e. The molecule has 1 aromatic heterocycles. The quantitative estimate of drug-likeness (QED) is 0.866. The Morgan fingerprint density at radius 1 is 1.39 bits per heavy atom. The van der Waals surface area contributed by atoms with Crippen LogP contribution in [0.25, 0.3) is 0 Å². The van der Waals surface area contributed by atoms with Crippen molar-refractivity contribution in [3.8, 4) is 0 Å². The fraction of sp³-hybridized carbons (Fsp3) is 0.647. The van der Waals surface area contributed by atoms with Crippen LogP contribution in [0.15, 0.2) is 11.4 Å². The molecule has 2 atom stereocenters. The molecule has 1 aliphatic carbocycles. The van der Waals surface area contributed by atoms with Gasteiger partial charge in [0, 0.05) is 42.5 Å². The number of aryl methyl sites for hydroxylation is 1. The number of rotatable bonds is 6. The van der Waals surface area contributed by atoms with E-state index in [1.54, 1.807) is 11.3 Å². The number of carboxylic acids is 1. The maximum atomic E-state index is 12.9. The third-order valence-electron chi connectivity index (χ3n) is 4.83. The van der Waals surface area contributed by atoms with Gasteiger partial charge in [-0.1, -0.05) is 0 Å². The number of thiophene rings is 1. The Bertz CT molecular complexity index is 579. The maximum Gasteiger partial charge on any atom is 0.305 e. The first-order chi connectivity index (χ1) is 11.1. The topological polar surface area (TPSA) is 66.8 Å². The van der Waals surface area contributed by atoms with Gasteiger partial charge in [-0.2, -0.15) is 0 Å². The Hall–Kier alpha value is -1.40. The van der Waals surface area contributed by atoms with Crippen LogP contribution >= 0.6 is 11.3 Å². The van der Waals surface area contributed by atoms with E-state index in [-0.39, 0.29) is 24.3 Å². The van der Waals surface area contributed by atoms with E-state index in [0.717, 1.165) is 19.3 Å². The van der Waals surface area contributed by atoms with Crippen molar-refractivity contribution in [2.45, 2.75) is 44.6 Å². The Kier molecular flexibility index (Phi) is 5.02. The molecule has 1 aromatic rings. The SMILES string of the molecule is Cc1ccsc1[C@@H]1C[C@H]1C(=O)N(CCC(=O)O)C1CCOCC1. The minimum atomic E-state index is -0.851. The number of hydrogen-bond acceptors (Lipinski definition) is 4. The highest BCUT2D eigenvalue weighted by molar-refractivity contribution is 7.10. The number of aliphatic carboxylic acids is 1. The number of ether oxygens (including phenoxy) is 1. The van der Waals surface area contributed by atoms with Crippen LogP contribution < -0.4 is 0 Å². The number of amides is 1. The lowest BCUT2D eigenvalue weighted by Crippen LogP contribution is -2.45. The van der Waals surface area contributed by atoms with Crippen molar-refractivity contribution in [3.63, 3.8) is 0 Å². The first-order valence-corrected chi connectivity index (χ1v) is 9.10. The van der Waals surface area contributed by atoms with Crippen molar-refractivity contribution in [2.24, 2.45) is 5.92 Å². The summed E-state index contributed by atoms with van der Waals surface area (Å²) in [5, 5.41) is 11.0. The van der Waals surface area contributed by atoms with Gasteiger partial charge in [-0.25, -0.2) is 0 Å². The molecule has 5 nitrogen and oxygen atoms in total. The summed E-state index contributed by atoms with van der Waals surface area (Å²) in [5.74, 6) is -0.356. The molecule has 0 radical (unpaired) electrons. The van der Waals surface area contributed by atoms with Gasteiger partial charge in [-0.05, 0) is 43.2 Å². The average Bonchev–Trinajstić information content (AvgIpc) is 3.22. The lowest BCUT2D eigenvalue weighted by Gasteiger charge is -2.34. The molecule has 2 aliphatic rings. The Morgan fingerprint density at radius 3 is 2.74 bits per heavy atom. The first-order valence-electron chi connectivity index (χ1n) is 8.22. The molecule has 126 valence electrons. The van der Waals surface area contributed by atoms with Crippen molar-refractivity contribution in [1.82, 2.24) is 4.90 Å². The Labute approximate surface area is 140 Å². The summed E-state index contributed by atoms with van der Waals surface area (Å²) in [5.41, 5.74) is 1.26. The van der Waals surface area contributed by atoms with Gasteiger partial charge in [-0.15, -0.1) is 11.3 Å². The van der Waals surface area contributed by atoms with Gasteiger partial charge in [0.25, 0.3) is 0 Å². The van der Waals surface area contributed by atoms with E-state index in [1.165, 1.54) is 10.4 Å². The summed E-state index contributed by atoms with van der Waals surface area (Å²) in [6.07, 6.45) is 2.52. The van der Waals surface area contributed by atoms with Crippen LogP contribution in [0.1, 0.15) is 42.0 Å². The van der Waals surface area contributed by atoms with E-state index in [1.807, 2.05) is 4.90 Å². The molecule has 1 amide bonds. The van der Waals surface area contributed by atoms with E-state index in [2.05, 4.69) is 18.4 Å². The summed E-state index contributed by atoms with van der Waals surface area (Å²) in [7, 11) is 0. The third-order valence-corrected chi connectivity index (χ3v) is 5.98.